The predicted molar refractivity (Wildman–Crippen MR) is 112 cm³/mol. The van der Waals surface area contributed by atoms with Gasteiger partial charge in [-0.15, -0.1) is 17.0 Å². The molecule has 0 aliphatic rings. The number of halogens is 3. The van der Waals surface area contributed by atoms with Crippen LogP contribution in [0.3, 0.4) is 0 Å². The lowest BCUT2D eigenvalue weighted by molar-refractivity contribution is 0.0971. The fourth-order valence-corrected chi connectivity index (χ4v) is 3.29. The van der Waals surface area contributed by atoms with E-state index in [0.29, 0.717) is 6.54 Å². The fourth-order valence-electron chi connectivity index (χ4n) is 3.29. The van der Waals surface area contributed by atoms with Crippen molar-refractivity contribution in [1.82, 2.24) is 9.13 Å². The Labute approximate surface area is 176 Å². The molecule has 0 spiro atoms. The first-order valence-electron chi connectivity index (χ1n) is 8.79. The number of Topliss-reactive ketones (excluding diaryl/α,β-unsaturated/α-hetero) is 1. The highest BCUT2D eigenvalue weighted by Crippen LogP contribution is 2.16. The zero-order valence-corrected chi connectivity index (χ0v) is 17.0. The van der Waals surface area contributed by atoms with Gasteiger partial charge in [0.1, 0.15) is 0 Å². The second-order valence-electron chi connectivity index (χ2n) is 6.52. The van der Waals surface area contributed by atoms with Gasteiger partial charge in [0.05, 0.1) is 24.1 Å². The van der Waals surface area contributed by atoms with Gasteiger partial charge >= 0.3 is 0 Å². The van der Waals surface area contributed by atoms with Gasteiger partial charge in [0, 0.05) is 5.56 Å². The van der Waals surface area contributed by atoms with Gasteiger partial charge in [-0.1, -0.05) is 42.5 Å². The highest BCUT2D eigenvalue weighted by atomic mass is 79.9. The molecule has 1 aromatic heterocycles. The van der Waals surface area contributed by atoms with E-state index in [4.69, 9.17) is 5.41 Å². The molecule has 0 atom stereocenters. The molecule has 0 aliphatic heterocycles. The Hall–Kier alpha value is -3.06. The van der Waals surface area contributed by atoms with Crippen molar-refractivity contribution < 1.29 is 13.6 Å². The summed E-state index contributed by atoms with van der Waals surface area (Å²) in [6.07, 6.45) is 0. The number of para-hydroxylation sites is 2. The molecule has 29 heavy (non-hydrogen) atoms. The molecule has 4 rings (SSSR count). The number of carbonyl (C=O) groups excluding carboxylic acids is 1. The van der Waals surface area contributed by atoms with Crippen molar-refractivity contribution in [1.29, 1.82) is 5.41 Å². The Kier molecular flexibility index (Phi) is 6.08. The molecule has 0 fully saturated rings. The van der Waals surface area contributed by atoms with E-state index in [1.54, 1.807) is 4.57 Å². The first-order valence-corrected chi connectivity index (χ1v) is 8.79. The summed E-state index contributed by atoms with van der Waals surface area (Å²) in [5, 5.41) is 8.60. The molecule has 0 bridgehead atoms. The summed E-state index contributed by atoms with van der Waals surface area (Å²) in [7, 11) is 0. The van der Waals surface area contributed by atoms with Gasteiger partial charge in [-0.3, -0.25) is 10.2 Å². The van der Waals surface area contributed by atoms with E-state index >= 15 is 0 Å². The smallest absolute Gasteiger partial charge is 0.203 e. The molecule has 0 unspecified atom stereocenters. The number of aromatic nitrogens is 2. The van der Waals surface area contributed by atoms with Gasteiger partial charge < -0.3 is 9.13 Å². The standard InChI is InChI=1S/C22H17F2N3O.BrH/c23-17-11-10-16(12-18(17)24)21(28)14-27-20-9-5-4-8-19(20)26(22(27)25)13-15-6-2-1-3-7-15;/h1-12,25H,13-14H2;1H. The summed E-state index contributed by atoms with van der Waals surface area (Å²) >= 11 is 0. The summed E-state index contributed by atoms with van der Waals surface area (Å²) in [6.45, 7) is 0.360. The van der Waals surface area contributed by atoms with Crippen molar-refractivity contribution >= 4 is 33.8 Å². The molecular formula is C22H18BrF2N3O. The fraction of sp³-hybridized carbons (Fsp3) is 0.0909. The Morgan fingerprint density at radius 3 is 2.10 bits per heavy atom. The topological polar surface area (TPSA) is 50.8 Å². The van der Waals surface area contributed by atoms with Gasteiger partial charge in [0.25, 0.3) is 0 Å². The van der Waals surface area contributed by atoms with E-state index in [2.05, 4.69) is 0 Å². The molecular weight excluding hydrogens is 440 g/mol. The summed E-state index contributed by atoms with van der Waals surface area (Å²) in [5.74, 6) is -2.45. The molecule has 4 aromatic rings. The van der Waals surface area contributed by atoms with Crippen molar-refractivity contribution in [2.45, 2.75) is 13.1 Å². The molecule has 1 N–H and O–H groups in total. The molecule has 0 saturated carbocycles. The van der Waals surface area contributed by atoms with Crippen LogP contribution in [0.5, 0.6) is 0 Å². The summed E-state index contributed by atoms with van der Waals surface area (Å²) in [4.78, 5) is 12.6. The van der Waals surface area contributed by atoms with Crippen molar-refractivity contribution in [3.63, 3.8) is 0 Å². The maximum Gasteiger partial charge on any atom is 0.203 e. The number of fused-ring (bicyclic) bond motifs is 1. The maximum absolute atomic E-state index is 13.5. The molecule has 4 nitrogen and oxygen atoms in total. The lowest BCUT2D eigenvalue weighted by Gasteiger charge is -2.06. The van der Waals surface area contributed by atoms with Crippen molar-refractivity contribution in [3.05, 3.63) is 101 Å². The third kappa shape index (κ3) is 4.05. The van der Waals surface area contributed by atoms with E-state index in [-0.39, 0.29) is 40.5 Å². The van der Waals surface area contributed by atoms with Crippen LogP contribution in [0.1, 0.15) is 15.9 Å². The Balaban J connectivity index is 0.00000240. The molecule has 0 amide bonds. The Morgan fingerprint density at radius 2 is 1.45 bits per heavy atom. The largest absolute Gasteiger partial charge is 0.306 e. The number of benzene rings is 3. The molecule has 1 heterocycles. The number of hydrogen-bond acceptors (Lipinski definition) is 2. The number of ketones is 1. The van der Waals surface area contributed by atoms with E-state index in [1.165, 1.54) is 6.07 Å². The van der Waals surface area contributed by atoms with E-state index in [9.17, 15) is 13.6 Å². The van der Waals surface area contributed by atoms with Gasteiger partial charge in [-0.2, -0.15) is 0 Å². The first-order chi connectivity index (χ1) is 13.5. The second-order valence-corrected chi connectivity index (χ2v) is 6.52. The summed E-state index contributed by atoms with van der Waals surface area (Å²) < 4.78 is 30.0. The van der Waals surface area contributed by atoms with Gasteiger partial charge in [0.15, 0.2) is 17.4 Å². The van der Waals surface area contributed by atoms with Crippen LogP contribution in [0.2, 0.25) is 0 Å². The number of nitrogens with one attached hydrogen (secondary N) is 1. The third-order valence-electron chi connectivity index (χ3n) is 4.70. The van der Waals surface area contributed by atoms with Crippen LogP contribution in [0.25, 0.3) is 11.0 Å². The Morgan fingerprint density at radius 1 is 0.828 bits per heavy atom. The third-order valence-corrected chi connectivity index (χ3v) is 4.70. The maximum atomic E-state index is 13.5. The lowest BCUT2D eigenvalue weighted by Crippen LogP contribution is -2.27. The number of hydrogen-bond donors (Lipinski definition) is 1. The molecule has 0 radical (unpaired) electrons. The van der Waals surface area contributed by atoms with Crippen LogP contribution >= 0.6 is 17.0 Å². The second kappa shape index (κ2) is 8.53. The minimum atomic E-state index is -1.06. The van der Waals surface area contributed by atoms with Crippen LogP contribution in [0.4, 0.5) is 8.78 Å². The van der Waals surface area contributed by atoms with Crippen LogP contribution in [0.15, 0.2) is 72.8 Å². The lowest BCUT2D eigenvalue weighted by atomic mass is 10.1. The average Bonchev–Trinajstić information content (AvgIpc) is 2.97. The van der Waals surface area contributed by atoms with Crippen molar-refractivity contribution in [2.24, 2.45) is 0 Å². The monoisotopic (exact) mass is 457 g/mol. The zero-order valence-electron chi connectivity index (χ0n) is 15.3. The summed E-state index contributed by atoms with van der Waals surface area (Å²) in [5.41, 5.74) is 2.84. The van der Waals surface area contributed by atoms with Gasteiger partial charge in [0.2, 0.25) is 5.62 Å². The van der Waals surface area contributed by atoms with Crippen LogP contribution in [0, 0.1) is 17.0 Å². The highest BCUT2D eigenvalue weighted by molar-refractivity contribution is 8.93. The van der Waals surface area contributed by atoms with Crippen LogP contribution in [-0.2, 0) is 13.1 Å². The van der Waals surface area contributed by atoms with Gasteiger partial charge in [-0.25, -0.2) is 8.78 Å². The predicted octanol–water partition coefficient (Wildman–Crippen LogP) is 4.71. The molecule has 0 aliphatic carbocycles. The van der Waals surface area contributed by atoms with Crippen LogP contribution < -0.4 is 5.62 Å². The number of nitrogens with zero attached hydrogens (tertiary/aromatic N) is 2. The minimum absolute atomic E-state index is 0. The number of rotatable bonds is 5. The molecule has 0 saturated heterocycles. The van der Waals surface area contributed by atoms with E-state index in [1.807, 2.05) is 59.2 Å². The van der Waals surface area contributed by atoms with Crippen molar-refractivity contribution in [3.8, 4) is 0 Å². The SMILES string of the molecule is Br.N=c1n(CC(=O)c2ccc(F)c(F)c2)c2ccccc2n1Cc1ccccc1. The molecule has 7 heteroatoms. The van der Waals surface area contributed by atoms with Gasteiger partial charge in [-0.05, 0) is 35.9 Å². The highest BCUT2D eigenvalue weighted by Gasteiger charge is 2.16. The normalized spacial score (nSPS) is 10.7. The number of carbonyl (C=O) groups is 1. The Bertz CT molecular complexity index is 1230. The quantitative estimate of drug-likeness (QED) is 0.433. The van der Waals surface area contributed by atoms with E-state index in [0.717, 1.165) is 28.7 Å². The average molecular weight is 458 g/mol. The zero-order chi connectivity index (χ0) is 19.7. The van der Waals surface area contributed by atoms with Crippen molar-refractivity contribution in [2.75, 3.05) is 0 Å². The summed E-state index contributed by atoms with van der Waals surface area (Å²) in [6, 6.07) is 20.3. The molecule has 148 valence electrons. The first kappa shape index (κ1) is 20.7. The number of imidazole rings is 1. The van der Waals surface area contributed by atoms with Crippen LogP contribution in [-0.4, -0.2) is 14.9 Å². The molecule has 3 aromatic carbocycles. The van der Waals surface area contributed by atoms with E-state index < -0.39 is 11.6 Å². The minimum Gasteiger partial charge on any atom is -0.306 e.